The molecule has 0 saturated carbocycles. The van der Waals surface area contributed by atoms with Crippen LogP contribution in [0.15, 0.2) is 54.6 Å². The molecule has 1 aromatic heterocycles. The molecule has 4 heteroatoms. The summed E-state index contributed by atoms with van der Waals surface area (Å²) in [6.07, 6.45) is 0. The Morgan fingerprint density at radius 1 is 0.895 bits per heavy atom. The van der Waals surface area contributed by atoms with Gasteiger partial charge in [-0.3, -0.25) is 4.79 Å². The van der Waals surface area contributed by atoms with Gasteiger partial charge in [-0.1, -0.05) is 47.7 Å². The van der Waals surface area contributed by atoms with Crippen molar-refractivity contribution in [3.05, 3.63) is 65.9 Å². The Hall–Kier alpha value is -2.75. The van der Waals surface area contributed by atoms with E-state index in [0.717, 1.165) is 11.3 Å². The number of hydrogen-bond donors (Lipinski definition) is 0. The van der Waals surface area contributed by atoms with Gasteiger partial charge in [-0.05, 0) is 12.1 Å². The third kappa shape index (κ3) is 1.31. The standard InChI is InChI=1S/C15H9N3O/c19-15-11-8-4-5-9-12(11)18-14(15)13(16-17-18)10-6-2-1-3-7-10/h1-9H. The van der Waals surface area contributed by atoms with Gasteiger partial charge in [0.25, 0.3) is 0 Å². The highest BCUT2D eigenvalue weighted by Gasteiger charge is 2.32. The number of ketones is 1. The Morgan fingerprint density at radius 3 is 2.47 bits per heavy atom. The Balaban J connectivity index is 1.98. The lowest BCUT2D eigenvalue weighted by Crippen LogP contribution is -1.98. The van der Waals surface area contributed by atoms with Gasteiger partial charge < -0.3 is 0 Å². The van der Waals surface area contributed by atoms with Gasteiger partial charge in [-0.25, -0.2) is 4.68 Å². The van der Waals surface area contributed by atoms with Crippen molar-refractivity contribution in [3.63, 3.8) is 0 Å². The Labute approximate surface area is 109 Å². The molecule has 0 radical (unpaired) electrons. The summed E-state index contributed by atoms with van der Waals surface area (Å²) in [5.41, 5.74) is 3.58. The van der Waals surface area contributed by atoms with E-state index in [9.17, 15) is 4.79 Å². The van der Waals surface area contributed by atoms with Gasteiger partial charge in [-0.15, -0.1) is 5.10 Å². The minimum absolute atomic E-state index is 0.0144. The highest BCUT2D eigenvalue weighted by atomic mass is 16.1. The van der Waals surface area contributed by atoms with Gasteiger partial charge in [0.15, 0.2) is 0 Å². The first kappa shape index (κ1) is 10.2. The smallest absolute Gasteiger partial charge is 0.215 e. The molecule has 3 aromatic rings. The van der Waals surface area contributed by atoms with Crippen LogP contribution in [-0.4, -0.2) is 20.8 Å². The van der Waals surface area contributed by atoms with E-state index in [-0.39, 0.29) is 5.78 Å². The van der Waals surface area contributed by atoms with Crippen LogP contribution in [0.25, 0.3) is 16.9 Å². The average Bonchev–Trinajstić information content (AvgIpc) is 3.02. The summed E-state index contributed by atoms with van der Waals surface area (Å²) in [5, 5.41) is 8.26. The molecule has 0 bridgehead atoms. The summed E-state index contributed by atoms with van der Waals surface area (Å²) >= 11 is 0. The molecule has 2 heterocycles. The maximum Gasteiger partial charge on any atom is 0.215 e. The minimum atomic E-state index is -0.0144. The van der Waals surface area contributed by atoms with Gasteiger partial charge >= 0.3 is 0 Å². The average molecular weight is 247 g/mol. The Kier molecular flexibility index (Phi) is 1.94. The van der Waals surface area contributed by atoms with E-state index in [4.69, 9.17) is 0 Å². The number of rotatable bonds is 1. The molecular weight excluding hydrogens is 238 g/mol. The molecule has 2 aromatic carbocycles. The van der Waals surface area contributed by atoms with E-state index in [1.807, 2.05) is 54.6 Å². The second-order valence-corrected chi connectivity index (χ2v) is 4.41. The zero-order valence-electron chi connectivity index (χ0n) is 9.95. The maximum absolute atomic E-state index is 12.4. The first-order chi connectivity index (χ1) is 9.36. The Morgan fingerprint density at radius 2 is 1.63 bits per heavy atom. The van der Waals surface area contributed by atoms with Gasteiger partial charge in [0.1, 0.15) is 11.4 Å². The normalized spacial score (nSPS) is 12.3. The molecule has 0 aliphatic carbocycles. The van der Waals surface area contributed by atoms with Crippen molar-refractivity contribution in [2.75, 3.05) is 0 Å². The predicted molar refractivity (Wildman–Crippen MR) is 70.2 cm³/mol. The molecule has 0 N–H and O–H groups in total. The van der Waals surface area contributed by atoms with Crippen LogP contribution in [0.2, 0.25) is 0 Å². The molecule has 1 aliphatic rings. The summed E-state index contributed by atoms with van der Waals surface area (Å²) in [6, 6.07) is 17.1. The number of carbonyl (C=O) groups excluding carboxylic acids is 1. The van der Waals surface area contributed by atoms with Gasteiger partial charge in [0.05, 0.1) is 11.3 Å². The van der Waals surface area contributed by atoms with Crippen LogP contribution < -0.4 is 0 Å². The summed E-state index contributed by atoms with van der Waals surface area (Å²) in [5.74, 6) is -0.0144. The number of carbonyl (C=O) groups is 1. The number of fused-ring (bicyclic) bond motifs is 3. The Bertz CT molecular complexity index is 790. The molecule has 0 fully saturated rings. The van der Waals surface area contributed by atoms with E-state index in [1.165, 1.54) is 0 Å². The van der Waals surface area contributed by atoms with Gasteiger partial charge in [0.2, 0.25) is 5.78 Å². The summed E-state index contributed by atoms with van der Waals surface area (Å²) in [4.78, 5) is 12.4. The van der Waals surface area contributed by atoms with Crippen LogP contribution >= 0.6 is 0 Å². The van der Waals surface area contributed by atoms with Crippen LogP contribution in [0, 0.1) is 0 Å². The van der Waals surface area contributed by atoms with Crippen LogP contribution in [0.4, 0.5) is 0 Å². The molecule has 0 atom stereocenters. The maximum atomic E-state index is 12.4. The third-order valence-electron chi connectivity index (χ3n) is 3.31. The number of benzene rings is 2. The lowest BCUT2D eigenvalue weighted by molar-refractivity contribution is 0.104. The van der Waals surface area contributed by atoms with E-state index >= 15 is 0 Å². The second-order valence-electron chi connectivity index (χ2n) is 4.41. The quantitative estimate of drug-likeness (QED) is 0.519. The molecule has 0 amide bonds. The number of nitrogens with zero attached hydrogens (tertiary/aromatic N) is 3. The molecular formula is C15H9N3O. The summed E-state index contributed by atoms with van der Waals surface area (Å²) in [6.45, 7) is 0. The van der Waals surface area contributed by atoms with Crippen molar-refractivity contribution in [2.45, 2.75) is 0 Å². The van der Waals surface area contributed by atoms with E-state index in [0.29, 0.717) is 17.0 Å². The van der Waals surface area contributed by atoms with Crippen LogP contribution in [0.5, 0.6) is 0 Å². The van der Waals surface area contributed by atoms with E-state index in [1.54, 1.807) is 4.68 Å². The number of hydrogen-bond acceptors (Lipinski definition) is 3. The topological polar surface area (TPSA) is 47.8 Å². The summed E-state index contributed by atoms with van der Waals surface area (Å²) in [7, 11) is 0. The fourth-order valence-electron chi connectivity index (χ4n) is 2.42. The zero-order valence-corrected chi connectivity index (χ0v) is 9.95. The van der Waals surface area contributed by atoms with Crippen molar-refractivity contribution in [3.8, 4) is 16.9 Å². The largest absolute Gasteiger partial charge is 0.287 e. The first-order valence-electron chi connectivity index (χ1n) is 6.01. The zero-order chi connectivity index (χ0) is 12.8. The van der Waals surface area contributed by atoms with Crippen molar-refractivity contribution >= 4 is 5.78 Å². The van der Waals surface area contributed by atoms with Crippen molar-refractivity contribution < 1.29 is 4.79 Å². The van der Waals surface area contributed by atoms with Crippen molar-refractivity contribution in [2.24, 2.45) is 0 Å². The molecule has 1 aliphatic heterocycles. The first-order valence-corrected chi connectivity index (χ1v) is 6.01. The van der Waals surface area contributed by atoms with Crippen molar-refractivity contribution in [1.82, 2.24) is 15.0 Å². The van der Waals surface area contributed by atoms with Gasteiger partial charge in [-0.2, -0.15) is 0 Å². The molecule has 19 heavy (non-hydrogen) atoms. The summed E-state index contributed by atoms with van der Waals surface area (Å²) < 4.78 is 1.62. The van der Waals surface area contributed by atoms with Crippen LogP contribution in [-0.2, 0) is 0 Å². The predicted octanol–water partition coefficient (Wildman–Crippen LogP) is 2.48. The minimum Gasteiger partial charge on any atom is -0.287 e. The van der Waals surface area contributed by atoms with Crippen LogP contribution in [0.3, 0.4) is 0 Å². The van der Waals surface area contributed by atoms with Crippen LogP contribution in [0.1, 0.15) is 16.1 Å². The fourth-order valence-corrected chi connectivity index (χ4v) is 2.42. The SMILES string of the molecule is O=C1c2ccccc2-n2nnc(-c3ccccc3)c21. The van der Waals surface area contributed by atoms with Crippen molar-refractivity contribution in [1.29, 1.82) is 0 Å². The van der Waals surface area contributed by atoms with E-state index in [2.05, 4.69) is 10.3 Å². The molecule has 0 unspecified atom stereocenters. The number of para-hydroxylation sites is 1. The second kappa shape index (κ2) is 3.62. The molecule has 90 valence electrons. The fraction of sp³-hybridized carbons (Fsp3) is 0. The lowest BCUT2D eigenvalue weighted by atomic mass is 10.1. The number of aromatic nitrogens is 3. The molecule has 0 saturated heterocycles. The molecule has 0 spiro atoms. The molecule has 4 nitrogen and oxygen atoms in total. The van der Waals surface area contributed by atoms with Gasteiger partial charge in [0, 0.05) is 5.56 Å². The van der Waals surface area contributed by atoms with E-state index < -0.39 is 0 Å². The molecule has 4 rings (SSSR count). The highest BCUT2D eigenvalue weighted by molar-refractivity contribution is 6.16. The lowest BCUT2D eigenvalue weighted by Gasteiger charge is -1.97. The highest BCUT2D eigenvalue weighted by Crippen LogP contribution is 2.32. The third-order valence-corrected chi connectivity index (χ3v) is 3.31. The monoisotopic (exact) mass is 247 g/mol.